The molecule has 3 aromatic rings. The van der Waals surface area contributed by atoms with E-state index < -0.39 is 17.6 Å². The Kier molecular flexibility index (Phi) is 7.32. The first-order valence-electron chi connectivity index (χ1n) is 12.9. The summed E-state index contributed by atoms with van der Waals surface area (Å²) in [6.45, 7) is 9.75. The number of fused-ring (bicyclic) bond motifs is 1. The SMILES string of the molecule is C=C(C=Cn1ncc(C(=O)N2CCn3ncc(C(=O)OCC)c3C2)c1C)N1CCCC1c1cc(F)ccc1F. The molecular formula is C28H30F2N6O3. The lowest BCUT2D eigenvalue weighted by Gasteiger charge is -2.28. The van der Waals surface area contributed by atoms with Crippen molar-refractivity contribution in [1.29, 1.82) is 0 Å². The van der Waals surface area contributed by atoms with Crippen molar-refractivity contribution in [3.05, 3.63) is 88.7 Å². The van der Waals surface area contributed by atoms with Gasteiger partial charge in [-0.3, -0.25) is 9.48 Å². The van der Waals surface area contributed by atoms with Crippen LogP contribution in [0, 0.1) is 18.6 Å². The van der Waals surface area contributed by atoms with Gasteiger partial charge in [-0.1, -0.05) is 6.58 Å². The molecule has 2 aliphatic heterocycles. The van der Waals surface area contributed by atoms with E-state index >= 15 is 0 Å². The molecule has 2 aromatic heterocycles. The molecule has 1 saturated heterocycles. The average molecular weight is 537 g/mol. The average Bonchev–Trinajstić information content (AvgIpc) is 3.66. The number of halogens is 2. The molecule has 0 N–H and O–H groups in total. The van der Waals surface area contributed by atoms with Gasteiger partial charge >= 0.3 is 5.97 Å². The molecule has 1 unspecified atom stereocenters. The summed E-state index contributed by atoms with van der Waals surface area (Å²) in [6, 6.07) is 3.21. The molecular weight excluding hydrogens is 506 g/mol. The van der Waals surface area contributed by atoms with E-state index in [0.29, 0.717) is 59.8 Å². The van der Waals surface area contributed by atoms with Gasteiger partial charge in [-0.05, 0) is 51.0 Å². The normalized spacial score (nSPS) is 17.1. The van der Waals surface area contributed by atoms with E-state index in [1.165, 1.54) is 18.5 Å². The van der Waals surface area contributed by atoms with E-state index in [9.17, 15) is 18.4 Å². The van der Waals surface area contributed by atoms with Crippen molar-refractivity contribution in [1.82, 2.24) is 29.4 Å². The number of allylic oxidation sites excluding steroid dienone is 1. The Labute approximate surface area is 224 Å². The van der Waals surface area contributed by atoms with Gasteiger partial charge in [-0.15, -0.1) is 0 Å². The van der Waals surface area contributed by atoms with Crippen LogP contribution < -0.4 is 0 Å². The fourth-order valence-corrected chi connectivity index (χ4v) is 5.21. The minimum Gasteiger partial charge on any atom is -0.462 e. The summed E-state index contributed by atoms with van der Waals surface area (Å²) < 4.78 is 36.7. The number of amides is 1. The van der Waals surface area contributed by atoms with E-state index in [-0.39, 0.29) is 25.1 Å². The number of esters is 1. The molecule has 1 aromatic carbocycles. The van der Waals surface area contributed by atoms with Crippen molar-refractivity contribution in [3.8, 4) is 0 Å². The highest BCUT2D eigenvalue weighted by molar-refractivity contribution is 5.96. The van der Waals surface area contributed by atoms with E-state index in [4.69, 9.17) is 4.74 Å². The van der Waals surface area contributed by atoms with Crippen LogP contribution in [0.1, 0.15) is 63.5 Å². The molecule has 4 heterocycles. The molecule has 2 aliphatic rings. The van der Waals surface area contributed by atoms with E-state index in [1.54, 1.807) is 40.4 Å². The Balaban J connectivity index is 1.29. The number of hydrogen-bond acceptors (Lipinski definition) is 6. The van der Waals surface area contributed by atoms with Gasteiger partial charge in [0.05, 0.1) is 55.1 Å². The van der Waals surface area contributed by atoms with Gasteiger partial charge in [0, 0.05) is 30.5 Å². The van der Waals surface area contributed by atoms with Crippen LogP contribution in [-0.2, 0) is 17.8 Å². The molecule has 0 spiro atoms. The summed E-state index contributed by atoms with van der Waals surface area (Å²) in [5, 5.41) is 8.62. The smallest absolute Gasteiger partial charge is 0.341 e. The number of aromatic nitrogens is 4. The standard InChI is InChI=1S/C28H30F2N6O3/c1-4-39-28(38)23-16-32-36-13-12-33(17-26(23)36)27(37)22-15-31-35(19(22)3)11-9-18(2)34-10-5-6-25(34)21-14-20(29)7-8-24(21)30/h7-9,11,14-16,25H,2,4-6,10,12-13,17H2,1,3H3. The summed E-state index contributed by atoms with van der Waals surface area (Å²) in [5.41, 5.74) is 3.05. The van der Waals surface area contributed by atoms with E-state index in [2.05, 4.69) is 16.8 Å². The molecule has 1 amide bonds. The summed E-state index contributed by atoms with van der Waals surface area (Å²) in [7, 11) is 0. The summed E-state index contributed by atoms with van der Waals surface area (Å²) >= 11 is 0. The van der Waals surface area contributed by atoms with Crippen LogP contribution >= 0.6 is 0 Å². The first-order valence-corrected chi connectivity index (χ1v) is 12.9. The van der Waals surface area contributed by atoms with Crippen molar-refractivity contribution in [2.45, 2.75) is 45.8 Å². The second-order valence-electron chi connectivity index (χ2n) is 9.59. The van der Waals surface area contributed by atoms with E-state index in [1.807, 2.05) is 4.90 Å². The molecule has 5 rings (SSSR count). The largest absolute Gasteiger partial charge is 0.462 e. The van der Waals surface area contributed by atoms with Crippen molar-refractivity contribution in [3.63, 3.8) is 0 Å². The van der Waals surface area contributed by atoms with Gasteiger partial charge in [0.15, 0.2) is 0 Å². The third kappa shape index (κ3) is 5.08. The molecule has 0 aliphatic carbocycles. The van der Waals surface area contributed by atoms with Gasteiger partial charge in [0.1, 0.15) is 17.2 Å². The predicted octanol–water partition coefficient (Wildman–Crippen LogP) is 4.32. The fraction of sp³-hybridized carbons (Fsp3) is 0.357. The van der Waals surface area contributed by atoms with Crippen molar-refractivity contribution >= 4 is 18.1 Å². The van der Waals surface area contributed by atoms with Crippen LogP contribution in [0.4, 0.5) is 8.78 Å². The van der Waals surface area contributed by atoms with Crippen LogP contribution in [0.5, 0.6) is 0 Å². The zero-order chi connectivity index (χ0) is 27.7. The summed E-state index contributed by atoms with van der Waals surface area (Å²) in [5.74, 6) is -1.57. The second-order valence-corrected chi connectivity index (χ2v) is 9.59. The molecule has 0 radical (unpaired) electrons. The topological polar surface area (TPSA) is 85.5 Å². The Morgan fingerprint density at radius 2 is 1.95 bits per heavy atom. The maximum absolute atomic E-state index is 14.4. The Morgan fingerprint density at radius 1 is 1.15 bits per heavy atom. The van der Waals surface area contributed by atoms with Gasteiger partial charge in [-0.25, -0.2) is 18.3 Å². The molecule has 1 atom stereocenters. The minimum atomic E-state index is -0.473. The third-order valence-corrected chi connectivity index (χ3v) is 7.28. The molecule has 1 fully saturated rings. The highest BCUT2D eigenvalue weighted by atomic mass is 19.1. The van der Waals surface area contributed by atoms with Crippen LogP contribution in [-0.4, -0.2) is 60.9 Å². The lowest BCUT2D eigenvalue weighted by Crippen LogP contribution is -2.39. The molecule has 39 heavy (non-hydrogen) atoms. The second kappa shape index (κ2) is 10.8. The predicted molar refractivity (Wildman–Crippen MR) is 139 cm³/mol. The number of carbonyl (C=O) groups excluding carboxylic acids is 2. The zero-order valence-electron chi connectivity index (χ0n) is 21.9. The van der Waals surface area contributed by atoms with E-state index in [0.717, 1.165) is 18.6 Å². The fourth-order valence-electron chi connectivity index (χ4n) is 5.21. The van der Waals surface area contributed by atoms with Crippen LogP contribution in [0.15, 0.2) is 48.9 Å². The van der Waals surface area contributed by atoms with Gasteiger partial charge < -0.3 is 14.5 Å². The van der Waals surface area contributed by atoms with Gasteiger partial charge in [-0.2, -0.15) is 10.2 Å². The Morgan fingerprint density at radius 3 is 2.74 bits per heavy atom. The molecule has 9 nitrogen and oxygen atoms in total. The highest BCUT2D eigenvalue weighted by Gasteiger charge is 2.30. The lowest BCUT2D eigenvalue weighted by atomic mass is 10.0. The van der Waals surface area contributed by atoms with Crippen molar-refractivity contribution in [2.24, 2.45) is 0 Å². The molecule has 11 heteroatoms. The molecule has 0 bridgehead atoms. The summed E-state index contributed by atoms with van der Waals surface area (Å²) in [4.78, 5) is 29.3. The number of likely N-dealkylation sites (tertiary alicyclic amines) is 1. The Bertz CT molecular complexity index is 1460. The number of rotatable bonds is 7. The molecule has 0 saturated carbocycles. The third-order valence-electron chi connectivity index (χ3n) is 7.28. The van der Waals surface area contributed by atoms with Gasteiger partial charge in [0.2, 0.25) is 0 Å². The maximum Gasteiger partial charge on any atom is 0.341 e. The summed E-state index contributed by atoms with van der Waals surface area (Å²) in [6.07, 6.45) is 7.99. The monoisotopic (exact) mass is 536 g/mol. The van der Waals surface area contributed by atoms with Crippen molar-refractivity contribution < 1.29 is 23.1 Å². The maximum atomic E-state index is 14.4. The van der Waals surface area contributed by atoms with Gasteiger partial charge in [0.25, 0.3) is 5.91 Å². The lowest BCUT2D eigenvalue weighted by molar-refractivity contribution is 0.0517. The number of nitrogens with zero attached hydrogens (tertiary/aromatic N) is 6. The highest BCUT2D eigenvalue weighted by Crippen LogP contribution is 2.36. The quantitative estimate of drug-likeness (QED) is 0.330. The van der Waals surface area contributed by atoms with Crippen molar-refractivity contribution in [2.75, 3.05) is 19.7 Å². The number of hydrogen-bond donors (Lipinski definition) is 0. The first kappa shape index (κ1) is 26.3. The number of carbonyl (C=O) groups is 2. The first-order chi connectivity index (χ1) is 18.8. The minimum absolute atomic E-state index is 0.200. The number of benzene rings is 1. The van der Waals surface area contributed by atoms with Crippen LogP contribution in [0.3, 0.4) is 0 Å². The Hall–Kier alpha value is -4.28. The zero-order valence-corrected chi connectivity index (χ0v) is 21.9. The van der Waals surface area contributed by atoms with Crippen LogP contribution in [0.25, 0.3) is 6.20 Å². The van der Waals surface area contributed by atoms with Crippen LogP contribution in [0.2, 0.25) is 0 Å². The molecule has 204 valence electrons. The number of ether oxygens (including phenoxy) is 1.